The van der Waals surface area contributed by atoms with Crippen molar-refractivity contribution in [2.45, 2.75) is 5.41 Å². The number of hydrogen-bond acceptors (Lipinski definition) is 2. The van der Waals surface area contributed by atoms with Gasteiger partial charge in [-0.15, -0.1) is 0 Å². The van der Waals surface area contributed by atoms with Gasteiger partial charge in [0.1, 0.15) is 11.5 Å². The third-order valence-electron chi connectivity index (χ3n) is 7.67. The van der Waals surface area contributed by atoms with E-state index in [4.69, 9.17) is 4.74 Å². The number of hydrogen-bond donors (Lipinski definition) is 1. The minimum atomic E-state index is -0.482. The highest BCUT2D eigenvalue weighted by Gasteiger charge is 2.46. The molecule has 0 saturated heterocycles. The lowest BCUT2D eigenvalue weighted by Crippen LogP contribution is -2.28. The zero-order valence-electron chi connectivity index (χ0n) is 20.2. The standard InChI is InChI=1S/C35H24O2/c1-2-37-30-18-14-24-20-28(16-12-26(24)22-30)35(27-15-11-25-21-29(36)17-13-23(25)19-27)33-9-5-3-7-31(33)32-8-4-6-10-34(32)35/h2-22,36H,1H2. The molecule has 0 saturated carbocycles. The first-order valence-corrected chi connectivity index (χ1v) is 12.4. The zero-order chi connectivity index (χ0) is 25.0. The van der Waals surface area contributed by atoms with E-state index in [0.29, 0.717) is 0 Å². The van der Waals surface area contributed by atoms with Crippen LogP contribution < -0.4 is 4.74 Å². The summed E-state index contributed by atoms with van der Waals surface area (Å²) < 4.78 is 5.52. The van der Waals surface area contributed by atoms with Crippen molar-refractivity contribution >= 4 is 21.5 Å². The van der Waals surface area contributed by atoms with E-state index in [0.717, 1.165) is 27.3 Å². The quantitative estimate of drug-likeness (QED) is 0.258. The van der Waals surface area contributed by atoms with Crippen LogP contribution in [0.1, 0.15) is 22.3 Å². The minimum absolute atomic E-state index is 0.279. The normalized spacial score (nSPS) is 13.3. The van der Waals surface area contributed by atoms with E-state index in [-0.39, 0.29) is 5.75 Å². The lowest BCUT2D eigenvalue weighted by Gasteiger charge is -2.34. The van der Waals surface area contributed by atoms with Gasteiger partial charge in [-0.05, 0) is 91.3 Å². The van der Waals surface area contributed by atoms with Gasteiger partial charge < -0.3 is 9.84 Å². The van der Waals surface area contributed by atoms with Crippen molar-refractivity contribution < 1.29 is 9.84 Å². The molecule has 37 heavy (non-hydrogen) atoms. The van der Waals surface area contributed by atoms with Crippen LogP contribution in [0, 0.1) is 0 Å². The summed E-state index contributed by atoms with van der Waals surface area (Å²) >= 11 is 0. The van der Waals surface area contributed by atoms with E-state index in [1.54, 1.807) is 6.07 Å². The number of aromatic hydroxyl groups is 1. The van der Waals surface area contributed by atoms with Gasteiger partial charge in [-0.3, -0.25) is 0 Å². The molecule has 0 amide bonds. The van der Waals surface area contributed by atoms with Gasteiger partial charge in [0.2, 0.25) is 0 Å². The molecule has 0 aromatic heterocycles. The summed E-state index contributed by atoms with van der Waals surface area (Å²) in [6.07, 6.45) is 1.45. The topological polar surface area (TPSA) is 29.5 Å². The van der Waals surface area contributed by atoms with Crippen LogP contribution in [0.25, 0.3) is 32.7 Å². The highest BCUT2D eigenvalue weighted by molar-refractivity contribution is 5.92. The van der Waals surface area contributed by atoms with Gasteiger partial charge in [-0.2, -0.15) is 0 Å². The maximum Gasteiger partial charge on any atom is 0.127 e. The van der Waals surface area contributed by atoms with Gasteiger partial charge in [0.15, 0.2) is 0 Å². The van der Waals surface area contributed by atoms with Crippen LogP contribution in [0.2, 0.25) is 0 Å². The van der Waals surface area contributed by atoms with E-state index in [1.165, 1.54) is 39.6 Å². The van der Waals surface area contributed by atoms with Gasteiger partial charge in [-0.1, -0.05) is 91.5 Å². The summed E-state index contributed by atoms with van der Waals surface area (Å²) in [6, 6.07) is 42.6. The van der Waals surface area contributed by atoms with Crippen LogP contribution in [0.3, 0.4) is 0 Å². The maximum atomic E-state index is 10.0. The largest absolute Gasteiger partial charge is 0.508 e. The Morgan fingerprint density at radius 2 is 1.08 bits per heavy atom. The number of fused-ring (bicyclic) bond motifs is 5. The second-order valence-corrected chi connectivity index (χ2v) is 9.60. The Hall–Kier alpha value is -4.82. The number of benzene rings is 6. The van der Waals surface area contributed by atoms with Crippen LogP contribution in [0.15, 0.2) is 134 Å². The Balaban J connectivity index is 1.57. The molecule has 0 aliphatic heterocycles. The summed E-state index contributed by atoms with van der Waals surface area (Å²) in [7, 11) is 0. The number of phenolic OH excluding ortho intramolecular Hbond substituents is 1. The third kappa shape index (κ3) is 3.12. The number of phenols is 1. The van der Waals surface area contributed by atoms with E-state index in [1.807, 2.05) is 24.3 Å². The number of rotatable bonds is 4. The Labute approximate surface area is 215 Å². The molecule has 0 unspecified atom stereocenters. The van der Waals surface area contributed by atoms with Crippen molar-refractivity contribution in [2.75, 3.05) is 0 Å². The highest BCUT2D eigenvalue weighted by atomic mass is 16.5. The van der Waals surface area contributed by atoms with Crippen LogP contribution in [-0.2, 0) is 5.41 Å². The smallest absolute Gasteiger partial charge is 0.127 e. The van der Waals surface area contributed by atoms with Crippen LogP contribution in [0.4, 0.5) is 0 Å². The van der Waals surface area contributed by atoms with Crippen molar-refractivity contribution in [1.29, 1.82) is 0 Å². The Morgan fingerprint density at radius 1 is 0.568 bits per heavy atom. The predicted octanol–water partition coefficient (Wildman–Crippen LogP) is 8.58. The summed E-state index contributed by atoms with van der Waals surface area (Å²) in [5.74, 6) is 1.06. The fourth-order valence-electron chi connectivity index (χ4n) is 6.12. The first kappa shape index (κ1) is 21.5. The molecule has 1 N–H and O–H groups in total. The van der Waals surface area contributed by atoms with Crippen molar-refractivity contribution in [3.8, 4) is 22.6 Å². The third-order valence-corrected chi connectivity index (χ3v) is 7.67. The summed E-state index contributed by atoms with van der Waals surface area (Å²) in [5.41, 5.74) is 7.02. The minimum Gasteiger partial charge on any atom is -0.508 e. The molecule has 176 valence electrons. The summed E-state index contributed by atoms with van der Waals surface area (Å²) in [5, 5.41) is 14.4. The van der Waals surface area contributed by atoms with E-state index in [2.05, 4.69) is 97.6 Å². The fourth-order valence-corrected chi connectivity index (χ4v) is 6.12. The lowest BCUT2D eigenvalue weighted by molar-refractivity contribution is 0.476. The first-order chi connectivity index (χ1) is 18.2. The fraction of sp³-hybridized carbons (Fsp3) is 0.0286. The molecule has 0 spiro atoms. The molecule has 6 aromatic rings. The molecule has 1 aliphatic carbocycles. The summed E-state index contributed by atoms with van der Waals surface area (Å²) in [4.78, 5) is 0. The zero-order valence-corrected chi connectivity index (χ0v) is 20.2. The monoisotopic (exact) mass is 476 g/mol. The lowest BCUT2D eigenvalue weighted by atomic mass is 9.67. The SMILES string of the molecule is C=COc1ccc2cc(C3(c4ccc5cc(O)ccc5c4)c4ccccc4-c4ccccc43)ccc2c1. The number of ether oxygens (including phenoxy) is 1. The molecule has 6 aromatic carbocycles. The average molecular weight is 477 g/mol. The van der Waals surface area contributed by atoms with Crippen LogP contribution >= 0.6 is 0 Å². The van der Waals surface area contributed by atoms with Gasteiger partial charge in [-0.25, -0.2) is 0 Å². The summed E-state index contributed by atoms with van der Waals surface area (Å²) in [6.45, 7) is 3.68. The molecule has 7 rings (SSSR count). The Bertz CT molecular complexity index is 1800. The maximum absolute atomic E-state index is 10.0. The predicted molar refractivity (Wildman–Crippen MR) is 151 cm³/mol. The molecule has 2 heteroatoms. The second-order valence-electron chi connectivity index (χ2n) is 9.60. The van der Waals surface area contributed by atoms with Gasteiger partial charge in [0.05, 0.1) is 11.7 Å². The van der Waals surface area contributed by atoms with E-state index in [9.17, 15) is 5.11 Å². The molecule has 0 radical (unpaired) electrons. The van der Waals surface area contributed by atoms with Crippen molar-refractivity contribution in [3.63, 3.8) is 0 Å². The molecule has 2 nitrogen and oxygen atoms in total. The molecule has 0 atom stereocenters. The van der Waals surface area contributed by atoms with Crippen molar-refractivity contribution in [3.05, 3.63) is 156 Å². The van der Waals surface area contributed by atoms with Crippen LogP contribution in [-0.4, -0.2) is 5.11 Å². The van der Waals surface area contributed by atoms with Crippen LogP contribution in [0.5, 0.6) is 11.5 Å². The molecule has 1 aliphatic rings. The van der Waals surface area contributed by atoms with Crippen molar-refractivity contribution in [2.24, 2.45) is 0 Å². The average Bonchev–Trinajstić information content (AvgIpc) is 3.24. The Kier molecular flexibility index (Phi) is 4.70. The van der Waals surface area contributed by atoms with Gasteiger partial charge in [0.25, 0.3) is 0 Å². The molecular weight excluding hydrogens is 452 g/mol. The second kappa shape index (κ2) is 8.11. The van der Waals surface area contributed by atoms with Gasteiger partial charge >= 0.3 is 0 Å². The Morgan fingerprint density at radius 3 is 1.70 bits per heavy atom. The molecule has 0 fully saturated rings. The highest BCUT2D eigenvalue weighted by Crippen LogP contribution is 2.56. The van der Waals surface area contributed by atoms with E-state index < -0.39 is 5.41 Å². The first-order valence-electron chi connectivity index (χ1n) is 12.4. The van der Waals surface area contributed by atoms with Crippen molar-refractivity contribution in [1.82, 2.24) is 0 Å². The molecular formula is C35H24O2. The van der Waals surface area contributed by atoms with E-state index >= 15 is 0 Å². The van der Waals surface area contributed by atoms with Gasteiger partial charge in [0, 0.05) is 0 Å². The molecule has 0 heterocycles. The molecule has 0 bridgehead atoms.